The van der Waals surface area contributed by atoms with Crippen LogP contribution >= 0.6 is 11.6 Å². The van der Waals surface area contributed by atoms with Gasteiger partial charge < -0.3 is 19.9 Å². The van der Waals surface area contributed by atoms with Crippen LogP contribution in [0.1, 0.15) is 31.5 Å². The van der Waals surface area contributed by atoms with Crippen molar-refractivity contribution in [2.24, 2.45) is 0 Å². The first-order valence-electron chi connectivity index (χ1n) is 10.5. The molecule has 4 heterocycles. The van der Waals surface area contributed by atoms with Gasteiger partial charge in [-0.05, 0) is 37.3 Å². The Morgan fingerprint density at radius 3 is 2.97 bits per heavy atom. The molecular formula is C22H22ClN7O2. The number of likely N-dealkylation sites (tertiary alicyclic amines) is 1. The Morgan fingerprint density at radius 2 is 2.12 bits per heavy atom. The normalized spacial score (nSPS) is 14.8. The van der Waals surface area contributed by atoms with E-state index >= 15 is 0 Å². The van der Waals surface area contributed by atoms with Crippen LogP contribution in [0.15, 0.2) is 36.9 Å². The van der Waals surface area contributed by atoms with Gasteiger partial charge in [-0.25, -0.2) is 19.9 Å². The van der Waals surface area contributed by atoms with Crippen molar-refractivity contribution >= 4 is 45.3 Å². The van der Waals surface area contributed by atoms with E-state index in [-0.39, 0.29) is 18.6 Å². The van der Waals surface area contributed by atoms with Crippen molar-refractivity contribution in [3.8, 4) is 5.88 Å². The number of rotatable bonds is 6. The van der Waals surface area contributed by atoms with Crippen molar-refractivity contribution in [1.82, 2.24) is 29.8 Å². The van der Waals surface area contributed by atoms with Gasteiger partial charge in [0.2, 0.25) is 5.88 Å². The van der Waals surface area contributed by atoms with E-state index in [9.17, 15) is 4.79 Å². The summed E-state index contributed by atoms with van der Waals surface area (Å²) in [6.45, 7) is 3.46. The second-order valence-electron chi connectivity index (χ2n) is 7.76. The maximum atomic E-state index is 12.5. The first kappa shape index (κ1) is 20.4. The second kappa shape index (κ2) is 8.58. The lowest BCUT2D eigenvalue weighted by Gasteiger charge is -2.19. The smallest absolute Gasteiger partial charge is 0.260 e. The molecule has 9 nitrogen and oxygen atoms in total. The molecule has 32 heavy (non-hydrogen) atoms. The average molecular weight is 452 g/mol. The number of imidazole rings is 1. The fraction of sp³-hybridized carbons (Fsp3) is 0.318. The number of pyridine rings is 1. The quantitative estimate of drug-likeness (QED) is 0.459. The van der Waals surface area contributed by atoms with Gasteiger partial charge in [-0.15, -0.1) is 0 Å². The third kappa shape index (κ3) is 3.91. The van der Waals surface area contributed by atoms with Gasteiger partial charge >= 0.3 is 0 Å². The van der Waals surface area contributed by atoms with Gasteiger partial charge in [-0.3, -0.25) is 4.79 Å². The minimum Gasteiger partial charge on any atom is -0.467 e. The predicted octanol–water partition coefficient (Wildman–Crippen LogP) is 3.73. The lowest BCUT2D eigenvalue weighted by molar-refractivity contribution is -0.132. The van der Waals surface area contributed by atoms with E-state index < -0.39 is 0 Å². The van der Waals surface area contributed by atoms with E-state index in [2.05, 4.69) is 25.3 Å². The number of carbonyl (C=O) groups excluding carboxylic acids is 1. The molecule has 0 bridgehead atoms. The minimum absolute atomic E-state index is 0.0382. The van der Waals surface area contributed by atoms with Crippen molar-refractivity contribution < 1.29 is 9.53 Å². The van der Waals surface area contributed by atoms with Crippen LogP contribution in [-0.2, 0) is 4.79 Å². The minimum atomic E-state index is -0.212. The predicted molar refractivity (Wildman–Crippen MR) is 122 cm³/mol. The average Bonchev–Trinajstić information content (AvgIpc) is 3.50. The van der Waals surface area contributed by atoms with Gasteiger partial charge in [0.25, 0.3) is 5.91 Å². The van der Waals surface area contributed by atoms with Gasteiger partial charge in [0.05, 0.1) is 28.5 Å². The number of nitrogens with zero attached hydrogens (tertiary/aromatic N) is 5. The van der Waals surface area contributed by atoms with Gasteiger partial charge in [0.15, 0.2) is 18.1 Å². The summed E-state index contributed by atoms with van der Waals surface area (Å²) in [7, 11) is 0. The number of hydrogen-bond acceptors (Lipinski definition) is 7. The van der Waals surface area contributed by atoms with E-state index in [0.717, 1.165) is 42.5 Å². The summed E-state index contributed by atoms with van der Waals surface area (Å²) >= 11 is 6.46. The maximum Gasteiger partial charge on any atom is 0.260 e. The standard InChI is InChI=1S/C22H22ClN7O2/c1-13(28-21-19-20(25-11-24-19)26-12-27-21)16-9-14-5-4-6-15(23)18(14)22(29-16)32-10-17(31)30-7-2-3-8-30/h4-6,9,11-13H,2-3,7-8,10H2,1H3,(H2,24,25,26,27,28). The summed E-state index contributed by atoms with van der Waals surface area (Å²) < 4.78 is 5.92. The van der Waals surface area contributed by atoms with Crippen LogP contribution in [0.25, 0.3) is 21.9 Å². The second-order valence-corrected chi connectivity index (χ2v) is 8.16. The van der Waals surface area contributed by atoms with Crippen molar-refractivity contribution in [3.63, 3.8) is 0 Å². The lowest BCUT2D eigenvalue weighted by Crippen LogP contribution is -2.32. The van der Waals surface area contributed by atoms with Crippen molar-refractivity contribution in [1.29, 1.82) is 0 Å². The van der Waals surface area contributed by atoms with Crippen molar-refractivity contribution in [3.05, 3.63) is 47.6 Å². The zero-order valence-electron chi connectivity index (χ0n) is 17.5. The number of carbonyl (C=O) groups is 1. The number of aromatic amines is 1. The highest BCUT2D eigenvalue weighted by Crippen LogP contribution is 2.33. The number of fused-ring (bicyclic) bond motifs is 2. The Balaban J connectivity index is 1.45. The molecular weight excluding hydrogens is 430 g/mol. The fourth-order valence-electron chi connectivity index (χ4n) is 3.92. The van der Waals surface area contributed by atoms with Crippen LogP contribution in [0.4, 0.5) is 5.82 Å². The molecule has 1 amide bonds. The summed E-state index contributed by atoms with van der Waals surface area (Å²) in [5, 5.41) is 5.46. The molecule has 1 saturated heterocycles. The Kier molecular flexibility index (Phi) is 5.48. The zero-order valence-corrected chi connectivity index (χ0v) is 18.3. The molecule has 4 aromatic rings. The number of anilines is 1. The number of aromatic nitrogens is 5. The lowest BCUT2D eigenvalue weighted by atomic mass is 10.1. The molecule has 1 atom stereocenters. The number of nitrogens with one attached hydrogen (secondary N) is 2. The molecule has 0 radical (unpaired) electrons. The Bertz CT molecular complexity index is 1290. The number of ether oxygens (including phenoxy) is 1. The summed E-state index contributed by atoms with van der Waals surface area (Å²) in [5.41, 5.74) is 2.03. The Hall–Kier alpha value is -3.46. The fourth-order valence-corrected chi connectivity index (χ4v) is 4.18. The molecule has 5 rings (SSSR count). The molecule has 164 valence electrons. The van der Waals surface area contributed by atoms with Gasteiger partial charge in [0, 0.05) is 13.1 Å². The van der Waals surface area contributed by atoms with Crippen LogP contribution in [0.2, 0.25) is 5.02 Å². The van der Waals surface area contributed by atoms with Crippen molar-refractivity contribution in [2.75, 3.05) is 25.0 Å². The SMILES string of the molecule is CC(Nc1ncnc2nc[nH]c12)c1cc2cccc(Cl)c2c(OCC(=O)N2CCCC2)n1. The molecule has 0 aliphatic carbocycles. The molecule has 0 saturated carbocycles. The highest BCUT2D eigenvalue weighted by molar-refractivity contribution is 6.36. The third-order valence-electron chi connectivity index (χ3n) is 5.60. The van der Waals surface area contributed by atoms with E-state index in [1.54, 1.807) is 12.4 Å². The molecule has 3 aromatic heterocycles. The molecule has 1 aliphatic heterocycles. The molecule has 1 aromatic carbocycles. The topological polar surface area (TPSA) is 109 Å². The number of amides is 1. The van der Waals surface area contributed by atoms with E-state index in [0.29, 0.717) is 27.8 Å². The van der Waals surface area contributed by atoms with E-state index in [1.165, 1.54) is 6.33 Å². The van der Waals surface area contributed by atoms with Crippen LogP contribution in [0.3, 0.4) is 0 Å². The highest BCUT2D eigenvalue weighted by atomic mass is 35.5. The van der Waals surface area contributed by atoms with Crippen LogP contribution < -0.4 is 10.1 Å². The van der Waals surface area contributed by atoms with Crippen LogP contribution in [-0.4, -0.2) is 55.4 Å². The van der Waals surface area contributed by atoms with E-state index in [4.69, 9.17) is 21.3 Å². The van der Waals surface area contributed by atoms with E-state index in [1.807, 2.05) is 30.0 Å². The van der Waals surface area contributed by atoms with Gasteiger partial charge in [-0.1, -0.05) is 23.7 Å². The highest BCUT2D eigenvalue weighted by Gasteiger charge is 2.21. The number of hydrogen-bond donors (Lipinski definition) is 2. The largest absolute Gasteiger partial charge is 0.467 e. The summed E-state index contributed by atoms with van der Waals surface area (Å²) in [6, 6.07) is 7.37. The van der Waals surface area contributed by atoms with Gasteiger partial charge in [0.1, 0.15) is 11.8 Å². The van der Waals surface area contributed by atoms with Crippen LogP contribution in [0, 0.1) is 0 Å². The summed E-state index contributed by atoms with van der Waals surface area (Å²) in [6.07, 6.45) is 5.10. The molecule has 0 spiro atoms. The van der Waals surface area contributed by atoms with Crippen LogP contribution in [0.5, 0.6) is 5.88 Å². The number of benzene rings is 1. The first-order valence-corrected chi connectivity index (χ1v) is 10.9. The molecule has 1 aliphatic rings. The molecule has 2 N–H and O–H groups in total. The molecule has 1 fully saturated rings. The first-order chi connectivity index (χ1) is 15.6. The van der Waals surface area contributed by atoms with Crippen molar-refractivity contribution in [2.45, 2.75) is 25.8 Å². The summed E-state index contributed by atoms with van der Waals surface area (Å²) in [5.74, 6) is 0.932. The maximum absolute atomic E-state index is 12.5. The third-order valence-corrected chi connectivity index (χ3v) is 5.92. The molecule has 10 heteroatoms. The summed E-state index contributed by atoms with van der Waals surface area (Å²) in [4.78, 5) is 34.7. The Morgan fingerprint density at radius 1 is 1.28 bits per heavy atom. The van der Waals surface area contributed by atoms with Gasteiger partial charge in [-0.2, -0.15) is 0 Å². The number of halogens is 1. The zero-order chi connectivity index (χ0) is 22.1. The monoisotopic (exact) mass is 451 g/mol. The Labute approximate surface area is 189 Å². The molecule has 1 unspecified atom stereocenters. The number of H-pyrrole nitrogens is 1.